The lowest BCUT2D eigenvalue weighted by Crippen LogP contribution is -2.39. The highest BCUT2D eigenvalue weighted by molar-refractivity contribution is 14.0. The van der Waals surface area contributed by atoms with Crippen LogP contribution in [0.25, 0.3) is 0 Å². The van der Waals surface area contributed by atoms with Gasteiger partial charge in [0.2, 0.25) is 5.91 Å². The first-order valence-electron chi connectivity index (χ1n) is 7.83. The van der Waals surface area contributed by atoms with Crippen molar-refractivity contribution in [2.45, 2.75) is 20.3 Å². The highest BCUT2D eigenvalue weighted by atomic mass is 127. The number of likely N-dealkylation sites (N-methyl/N-ethyl adjacent to an activating group) is 1. The molecule has 1 rings (SSSR count). The van der Waals surface area contributed by atoms with E-state index in [1.54, 1.807) is 21.2 Å². The van der Waals surface area contributed by atoms with Gasteiger partial charge in [-0.3, -0.25) is 4.79 Å². The number of carbonyl (C=O) groups excluding carboxylic acids is 1. The zero-order valence-corrected chi connectivity index (χ0v) is 17.5. The van der Waals surface area contributed by atoms with E-state index < -0.39 is 0 Å². The Morgan fingerprint density at radius 3 is 2.58 bits per heavy atom. The van der Waals surface area contributed by atoms with Crippen LogP contribution in [-0.2, 0) is 11.2 Å². The Kier molecular flexibility index (Phi) is 11.2. The van der Waals surface area contributed by atoms with E-state index >= 15 is 0 Å². The van der Waals surface area contributed by atoms with E-state index in [0.717, 1.165) is 24.3 Å². The third-order valence-electron chi connectivity index (χ3n) is 3.34. The normalized spacial score (nSPS) is 10.6. The molecule has 7 heteroatoms. The van der Waals surface area contributed by atoms with Gasteiger partial charge < -0.3 is 20.3 Å². The number of hydrogen-bond donors (Lipinski definition) is 2. The number of methoxy groups -OCH3 is 1. The molecule has 1 aromatic carbocycles. The Morgan fingerprint density at radius 2 is 2.00 bits per heavy atom. The first-order chi connectivity index (χ1) is 11.0. The summed E-state index contributed by atoms with van der Waals surface area (Å²) < 4.78 is 5.39. The van der Waals surface area contributed by atoms with Crippen LogP contribution in [0.4, 0.5) is 0 Å². The SMILES string of the molecule is CCNC(=NCC(=O)N(C)C)NCCc1cc(C)ccc1OC.I. The van der Waals surface area contributed by atoms with Crippen LogP contribution in [0.5, 0.6) is 5.75 Å². The molecule has 0 heterocycles. The van der Waals surface area contributed by atoms with Crippen molar-refractivity contribution in [2.24, 2.45) is 4.99 Å². The van der Waals surface area contributed by atoms with Gasteiger partial charge in [0.05, 0.1) is 7.11 Å². The van der Waals surface area contributed by atoms with Gasteiger partial charge in [-0.2, -0.15) is 0 Å². The molecule has 0 radical (unpaired) electrons. The molecule has 0 aliphatic heterocycles. The fourth-order valence-electron chi connectivity index (χ4n) is 2.05. The molecule has 0 bridgehead atoms. The average molecular weight is 448 g/mol. The number of guanidine groups is 1. The zero-order valence-electron chi connectivity index (χ0n) is 15.2. The van der Waals surface area contributed by atoms with Crippen molar-refractivity contribution in [1.29, 1.82) is 0 Å². The van der Waals surface area contributed by atoms with E-state index in [-0.39, 0.29) is 36.4 Å². The number of benzene rings is 1. The Morgan fingerprint density at radius 1 is 1.29 bits per heavy atom. The summed E-state index contributed by atoms with van der Waals surface area (Å²) in [5.74, 6) is 1.51. The van der Waals surface area contributed by atoms with Crippen molar-refractivity contribution in [3.8, 4) is 5.75 Å². The second kappa shape index (κ2) is 11.9. The van der Waals surface area contributed by atoms with Gasteiger partial charge in [-0.1, -0.05) is 17.7 Å². The molecule has 1 aromatic rings. The summed E-state index contributed by atoms with van der Waals surface area (Å²) in [6, 6.07) is 6.15. The van der Waals surface area contributed by atoms with Crippen LogP contribution in [0.3, 0.4) is 0 Å². The summed E-state index contributed by atoms with van der Waals surface area (Å²) >= 11 is 0. The predicted octanol–water partition coefficient (Wildman–Crippen LogP) is 1.81. The lowest BCUT2D eigenvalue weighted by Gasteiger charge is -2.14. The lowest BCUT2D eigenvalue weighted by molar-refractivity contribution is -0.127. The molecule has 0 saturated heterocycles. The van der Waals surface area contributed by atoms with Crippen LogP contribution in [0.2, 0.25) is 0 Å². The Bertz CT molecular complexity index is 547. The van der Waals surface area contributed by atoms with Crippen molar-refractivity contribution in [1.82, 2.24) is 15.5 Å². The lowest BCUT2D eigenvalue weighted by atomic mass is 10.1. The average Bonchev–Trinajstić information content (AvgIpc) is 2.52. The maximum Gasteiger partial charge on any atom is 0.243 e. The van der Waals surface area contributed by atoms with Gasteiger partial charge in [0.25, 0.3) is 0 Å². The molecule has 0 fully saturated rings. The van der Waals surface area contributed by atoms with Crippen molar-refractivity contribution < 1.29 is 9.53 Å². The maximum atomic E-state index is 11.6. The quantitative estimate of drug-likeness (QED) is 0.380. The van der Waals surface area contributed by atoms with Crippen LogP contribution in [-0.4, -0.2) is 57.6 Å². The number of halogens is 1. The molecule has 2 N–H and O–H groups in total. The summed E-state index contributed by atoms with van der Waals surface area (Å²) in [4.78, 5) is 17.4. The molecule has 0 aliphatic rings. The topological polar surface area (TPSA) is 66.0 Å². The first kappa shape index (κ1) is 22.5. The molecule has 1 amide bonds. The summed E-state index contributed by atoms with van der Waals surface area (Å²) in [6.07, 6.45) is 0.816. The number of hydrogen-bond acceptors (Lipinski definition) is 3. The largest absolute Gasteiger partial charge is 0.496 e. The van der Waals surface area contributed by atoms with Crippen LogP contribution in [0.1, 0.15) is 18.1 Å². The number of amides is 1. The molecule has 0 atom stereocenters. The molecule has 6 nitrogen and oxygen atoms in total. The smallest absolute Gasteiger partial charge is 0.243 e. The molecular weight excluding hydrogens is 419 g/mol. The number of aliphatic imine (C=N–C) groups is 1. The second-order valence-electron chi connectivity index (χ2n) is 5.48. The number of rotatable bonds is 7. The third-order valence-corrected chi connectivity index (χ3v) is 3.34. The molecule has 0 saturated carbocycles. The summed E-state index contributed by atoms with van der Waals surface area (Å²) in [5.41, 5.74) is 2.36. The van der Waals surface area contributed by atoms with Gasteiger partial charge in [-0.25, -0.2) is 4.99 Å². The van der Waals surface area contributed by atoms with Crippen LogP contribution in [0.15, 0.2) is 23.2 Å². The number of aryl methyl sites for hydroxylation is 1. The summed E-state index contributed by atoms with van der Waals surface area (Å²) in [5, 5.41) is 6.39. The first-order valence-corrected chi connectivity index (χ1v) is 7.83. The standard InChI is InChI=1S/C17H28N4O2.HI/c1-6-18-17(20-12-16(22)21(3)4)19-10-9-14-11-13(2)7-8-15(14)23-5;/h7-8,11H,6,9-10,12H2,1-5H3,(H2,18,19,20);1H. The third kappa shape index (κ3) is 7.85. The van der Waals surface area contributed by atoms with E-state index in [4.69, 9.17) is 4.74 Å². The number of ether oxygens (including phenoxy) is 1. The van der Waals surface area contributed by atoms with Crippen LogP contribution < -0.4 is 15.4 Å². The minimum absolute atomic E-state index is 0. The van der Waals surface area contributed by atoms with Crippen molar-refractivity contribution in [2.75, 3.05) is 40.8 Å². The maximum absolute atomic E-state index is 11.6. The predicted molar refractivity (Wildman–Crippen MR) is 110 cm³/mol. The van der Waals surface area contributed by atoms with Gasteiger partial charge >= 0.3 is 0 Å². The second-order valence-corrected chi connectivity index (χ2v) is 5.48. The molecule has 0 spiro atoms. The van der Waals surface area contributed by atoms with Gasteiger partial charge in [-0.15, -0.1) is 24.0 Å². The molecule has 24 heavy (non-hydrogen) atoms. The van der Waals surface area contributed by atoms with Crippen LogP contribution >= 0.6 is 24.0 Å². The van der Waals surface area contributed by atoms with Gasteiger partial charge in [0, 0.05) is 27.2 Å². The summed E-state index contributed by atoms with van der Waals surface area (Å²) in [7, 11) is 5.13. The number of carbonyl (C=O) groups is 1. The Balaban J connectivity index is 0.00000529. The van der Waals surface area contributed by atoms with E-state index in [1.807, 2.05) is 19.1 Å². The highest BCUT2D eigenvalue weighted by Gasteiger charge is 2.06. The van der Waals surface area contributed by atoms with Crippen LogP contribution in [0, 0.1) is 6.92 Å². The van der Waals surface area contributed by atoms with Crippen molar-refractivity contribution >= 4 is 35.8 Å². The van der Waals surface area contributed by atoms with Gasteiger partial charge in [-0.05, 0) is 31.9 Å². The minimum Gasteiger partial charge on any atom is -0.496 e. The highest BCUT2D eigenvalue weighted by Crippen LogP contribution is 2.19. The van der Waals surface area contributed by atoms with E-state index in [2.05, 4.69) is 28.6 Å². The fraction of sp³-hybridized carbons (Fsp3) is 0.529. The minimum atomic E-state index is -0.0254. The van der Waals surface area contributed by atoms with E-state index in [9.17, 15) is 4.79 Å². The van der Waals surface area contributed by atoms with Gasteiger partial charge in [0.1, 0.15) is 12.3 Å². The van der Waals surface area contributed by atoms with E-state index in [0.29, 0.717) is 12.5 Å². The Labute approximate surface area is 162 Å². The molecule has 0 aliphatic carbocycles. The molecule has 0 unspecified atom stereocenters. The zero-order chi connectivity index (χ0) is 17.2. The van der Waals surface area contributed by atoms with Crippen molar-refractivity contribution in [3.63, 3.8) is 0 Å². The fourth-order valence-corrected chi connectivity index (χ4v) is 2.05. The van der Waals surface area contributed by atoms with E-state index in [1.165, 1.54) is 10.5 Å². The Hall–Kier alpha value is -1.51. The summed E-state index contributed by atoms with van der Waals surface area (Å²) in [6.45, 7) is 5.65. The number of nitrogens with zero attached hydrogens (tertiary/aromatic N) is 2. The van der Waals surface area contributed by atoms with Gasteiger partial charge in [0.15, 0.2) is 5.96 Å². The number of nitrogens with one attached hydrogen (secondary N) is 2. The molecule has 136 valence electrons. The molecular formula is C17H29IN4O2. The van der Waals surface area contributed by atoms with Crippen molar-refractivity contribution in [3.05, 3.63) is 29.3 Å². The monoisotopic (exact) mass is 448 g/mol. The molecule has 0 aromatic heterocycles.